The third-order valence-electron chi connectivity index (χ3n) is 5.15. The monoisotopic (exact) mass is 402 g/mol. The SMILES string of the molecule is CC(=O)N1c2ccc(S(=O)(=O)N3c4ccccc4SC[C@H]3C)cc2C[C@H]1C. The fourth-order valence-corrected chi connectivity index (χ4v) is 6.94. The van der Waals surface area contributed by atoms with Gasteiger partial charge in [-0.2, -0.15) is 0 Å². The molecule has 7 heteroatoms. The van der Waals surface area contributed by atoms with Crippen LogP contribution in [0.5, 0.6) is 0 Å². The largest absolute Gasteiger partial charge is 0.309 e. The molecule has 27 heavy (non-hydrogen) atoms. The van der Waals surface area contributed by atoms with Gasteiger partial charge >= 0.3 is 0 Å². The summed E-state index contributed by atoms with van der Waals surface area (Å²) in [6, 6.07) is 12.7. The Morgan fingerprint density at radius 2 is 1.81 bits per heavy atom. The van der Waals surface area contributed by atoms with Crippen LogP contribution >= 0.6 is 11.8 Å². The molecule has 2 aliphatic rings. The maximum absolute atomic E-state index is 13.5. The third-order valence-corrected chi connectivity index (χ3v) is 8.38. The van der Waals surface area contributed by atoms with Gasteiger partial charge in [-0.05, 0) is 56.2 Å². The Morgan fingerprint density at radius 3 is 2.56 bits per heavy atom. The van der Waals surface area contributed by atoms with Crippen LogP contribution in [0.3, 0.4) is 0 Å². The molecule has 2 heterocycles. The standard InChI is InChI=1S/C20H22N2O3S2/c1-13-10-16-11-17(8-9-18(16)21(13)15(3)23)27(24,25)22-14(2)12-26-20-7-5-4-6-19(20)22/h4-9,11,13-14H,10,12H2,1-3H3/t13-,14-/m1/s1. The number of hydrogen-bond donors (Lipinski definition) is 0. The van der Waals surface area contributed by atoms with Crippen LogP contribution in [0.25, 0.3) is 0 Å². The molecule has 0 bridgehead atoms. The molecule has 0 saturated carbocycles. The number of hydrogen-bond acceptors (Lipinski definition) is 4. The number of nitrogens with zero attached hydrogens (tertiary/aromatic N) is 2. The van der Waals surface area contributed by atoms with Crippen LogP contribution in [0, 0.1) is 0 Å². The first-order valence-electron chi connectivity index (χ1n) is 8.99. The lowest BCUT2D eigenvalue weighted by molar-refractivity contribution is -0.116. The van der Waals surface area contributed by atoms with E-state index in [0.29, 0.717) is 6.42 Å². The van der Waals surface area contributed by atoms with Crippen molar-refractivity contribution in [1.82, 2.24) is 0 Å². The lowest BCUT2D eigenvalue weighted by Gasteiger charge is -2.35. The lowest BCUT2D eigenvalue weighted by atomic mass is 10.1. The van der Waals surface area contributed by atoms with Crippen molar-refractivity contribution < 1.29 is 13.2 Å². The third kappa shape index (κ3) is 2.93. The van der Waals surface area contributed by atoms with E-state index in [2.05, 4.69) is 0 Å². The van der Waals surface area contributed by atoms with E-state index < -0.39 is 10.0 Å². The van der Waals surface area contributed by atoms with Crippen molar-refractivity contribution >= 4 is 39.1 Å². The summed E-state index contributed by atoms with van der Waals surface area (Å²) in [4.78, 5) is 14.9. The zero-order chi connectivity index (χ0) is 19.3. The molecule has 5 nitrogen and oxygen atoms in total. The van der Waals surface area contributed by atoms with E-state index in [4.69, 9.17) is 0 Å². The van der Waals surface area contributed by atoms with E-state index >= 15 is 0 Å². The molecular formula is C20H22N2O3S2. The van der Waals surface area contributed by atoms with E-state index in [1.54, 1.807) is 46.1 Å². The summed E-state index contributed by atoms with van der Waals surface area (Å²) in [5.41, 5.74) is 2.46. The summed E-state index contributed by atoms with van der Waals surface area (Å²) in [7, 11) is -3.68. The molecule has 2 aromatic carbocycles. The number of amides is 1. The molecule has 142 valence electrons. The summed E-state index contributed by atoms with van der Waals surface area (Å²) in [5, 5.41) is 0. The normalized spacial score (nSPS) is 21.7. The van der Waals surface area contributed by atoms with Crippen LogP contribution in [0.4, 0.5) is 11.4 Å². The average Bonchev–Trinajstić information content (AvgIpc) is 2.96. The quantitative estimate of drug-likeness (QED) is 0.769. The second-order valence-electron chi connectivity index (χ2n) is 7.16. The number of para-hydroxylation sites is 1. The van der Waals surface area contributed by atoms with Crippen LogP contribution in [-0.4, -0.2) is 32.2 Å². The smallest absolute Gasteiger partial charge is 0.264 e. The van der Waals surface area contributed by atoms with Gasteiger partial charge in [0.25, 0.3) is 10.0 Å². The molecule has 0 N–H and O–H groups in total. The van der Waals surface area contributed by atoms with Gasteiger partial charge in [0.1, 0.15) is 0 Å². The molecule has 0 radical (unpaired) electrons. The van der Waals surface area contributed by atoms with Gasteiger partial charge in [-0.25, -0.2) is 8.42 Å². The van der Waals surface area contributed by atoms with Crippen molar-refractivity contribution in [2.75, 3.05) is 15.0 Å². The minimum atomic E-state index is -3.68. The predicted molar refractivity (Wildman–Crippen MR) is 109 cm³/mol. The van der Waals surface area contributed by atoms with Gasteiger partial charge in [-0.3, -0.25) is 9.10 Å². The zero-order valence-corrected chi connectivity index (χ0v) is 17.2. The van der Waals surface area contributed by atoms with Crippen LogP contribution < -0.4 is 9.21 Å². The summed E-state index contributed by atoms with van der Waals surface area (Å²) >= 11 is 1.69. The second-order valence-corrected chi connectivity index (χ2v) is 10.0. The molecule has 2 aliphatic heterocycles. The molecule has 2 aromatic rings. The molecule has 0 saturated heterocycles. The summed E-state index contributed by atoms with van der Waals surface area (Å²) in [5.74, 6) is 0.698. The van der Waals surface area contributed by atoms with Crippen molar-refractivity contribution in [1.29, 1.82) is 0 Å². The second kappa shape index (κ2) is 6.56. The van der Waals surface area contributed by atoms with Gasteiger partial charge in [0, 0.05) is 29.3 Å². The summed E-state index contributed by atoms with van der Waals surface area (Å²) in [6.45, 7) is 5.46. The highest BCUT2D eigenvalue weighted by atomic mass is 32.2. The van der Waals surface area contributed by atoms with Gasteiger partial charge in [0.05, 0.1) is 16.6 Å². The van der Waals surface area contributed by atoms with Crippen molar-refractivity contribution in [2.24, 2.45) is 0 Å². The van der Waals surface area contributed by atoms with Crippen molar-refractivity contribution in [3.05, 3.63) is 48.0 Å². The highest BCUT2D eigenvalue weighted by Crippen LogP contribution is 2.41. The summed E-state index contributed by atoms with van der Waals surface area (Å²) < 4.78 is 28.5. The Labute approximate surface area is 164 Å². The lowest BCUT2D eigenvalue weighted by Crippen LogP contribution is -2.42. The number of carbonyl (C=O) groups excluding carboxylic acids is 1. The topological polar surface area (TPSA) is 57.7 Å². The maximum Gasteiger partial charge on any atom is 0.264 e. The minimum Gasteiger partial charge on any atom is -0.309 e. The first-order valence-corrected chi connectivity index (χ1v) is 11.4. The number of fused-ring (bicyclic) bond motifs is 2. The maximum atomic E-state index is 13.5. The van der Waals surface area contributed by atoms with Crippen molar-refractivity contribution in [3.8, 4) is 0 Å². The molecule has 0 unspecified atom stereocenters. The van der Waals surface area contributed by atoms with Gasteiger partial charge in [0.15, 0.2) is 0 Å². The van der Waals surface area contributed by atoms with Gasteiger partial charge in [-0.1, -0.05) is 12.1 Å². The first-order chi connectivity index (χ1) is 12.8. The Morgan fingerprint density at radius 1 is 1.07 bits per heavy atom. The van der Waals surface area contributed by atoms with Gasteiger partial charge in [0.2, 0.25) is 5.91 Å². The Kier molecular flexibility index (Phi) is 4.47. The number of benzene rings is 2. The summed E-state index contributed by atoms with van der Waals surface area (Å²) in [6.07, 6.45) is 0.667. The Balaban J connectivity index is 1.78. The van der Waals surface area contributed by atoms with Crippen molar-refractivity contribution in [3.63, 3.8) is 0 Å². The number of anilines is 2. The number of carbonyl (C=O) groups is 1. The molecule has 0 aromatic heterocycles. The molecule has 0 fully saturated rings. The van der Waals surface area contributed by atoms with Crippen molar-refractivity contribution in [2.45, 2.75) is 49.1 Å². The molecule has 0 spiro atoms. The van der Waals surface area contributed by atoms with Crippen LogP contribution in [-0.2, 0) is 21.2 Å². The van der Waals surface area contributed by atoms with Crippen LogP contribution in [0.2, 0.25) is 0 Å². The van der Waals surface area contributed by atoms with E-state index in [9.17, 15) is 13.2 Å². The number of sulfonamides is 1. The minimum absolute atomic E-state index is 0.0209. The fraction of sp³-hybridized carbons (Fsp3) is 0.350. The Bertz CT molecular complexity index is 1020. The number of thioether (sulfide) groups is 1. The fourth-order valence-electron chi connectivity index (χ4n) is 4.00. The zero-order valence-electron chi connectivity index (χ0n) is 15.5. The molecule has 2 atom stereocenters. The molecular weight excluding hydrogens is 380 g/mol. The molecule has 4 rings (SSSR count). The first kappa shape index (κ1) is 18.4. The highest BCUT2D eigenvalue weighted by molar-refractivity contribution is 8.00. The van der Waals surface area contributed by atoms with E-state index in [1.165, 1.54) is 0 Å². The number of rotatable bonds is 2. The van der Waals surface area contributed by atoms with E-state index in [-0.39, 0.29) is 22.9 Å². The molecule has 0 aliphatic carbocycles. The van der Waals surface area contributed by atoms with Gasteiger partial charge in [-0.15, -0.1) is 11.8 Å². The average molecular weight is 403 g/mol. The predicted octanol–water partition coefficient (Wildman–Crippen LogP) is 3.67. The van der Waals surface area contributed by atoms with Crippen LogP contribution in [0.1, 0.15) is 26.3 Å². The van der Waals surface area contributed by atoms with E-state index in [1.807, 2.05) is 38.1 Å². The highest BCUT2D eigenvalue weighted by Gasteiger charge is 2.36. The molecule has 1 amide bonds. The van der Waals surface area contributed by atoms with Gasteiger partial charge < -0.3 is 4.90 Å². The van der Waals surface area contributed by atoms with E-state index in [0.717, 1.165) is 27.6 Å². The Hall–Kier alpha value is -1.99. The van der Waals surface area contributed by atoms with Crippen LogP contribution in [0.15, 0.2) is 52.3 Å².